The molecular weight excluding hydrogens is 456 g/mol. The maximum absolute atomic E-state index is 13.5. The molecule has 1 aliphatic carbocycles. The normalized spacial score (nSPS) is 18.0. The van der Waals surface area contributed by atoms with Gasteiger partial charge in [0.1, 0.15) is 16.9 Å². The van der Waals surface area contributed by atoms with Crippen LogP contribution < -0.4 is 4.90 Å². The van der Waals surface area contributed by atoms with Crippen molar-refractivity contribution in [2.75, 3.05) is 4.90 Å². The second-order valence-corrected chi connectivity index (χ2v) is 9.93. The van der Waals surface area contributed by atoms with Crippen LogP contribution in [0.2, 0.25) is 0 Å². The predicted octanol–water partition coefficient (Wildman–Crippen LogP) is 5.95. The first-order chi connectivity index (χ1) is 17.3. The fourth-order valence-electron chi connectivity index (χ4n) is 4.91. The minimum Gasteiger partial charge on any atom is -0.477 e. The molecule has 0 radical (unpaired) electrons. The van der Waals surface area contributed by atoms with Crippen molar-refractivity contribution in [3.8, 4) is 17.1 Å². The third-order valence-electron chi connectivity index (χ3n) is 6.96. The minimum atomic E-state index is -1.13. The van der Waals surface area contributed by atoms with Crippen molar-refractivity contribution >= 4 is 28.7 Å². The number of furan rings is 1. The van der Waals surface area contributed by atoms with Gasteiger partial charge in [-0.05, 0) is 69.7 Å². The van der Waals surface area contributed by atoms with Crippen molar-refractivity contribution in [1.29, 1.82) is 0 Å². The molecule has 4 aromatic rings. The highest BCUT2D eigenvalue weighted by Gasteiger charge is 2.34. The predicted molar refractivity (Wildman–Crippen MR) is 137 cm³/mol. The van der Waals surface area contributed by atoms with E-state index in [1.807, 2.05) is 50.2 Å². The van der Waals surface area contributed by atoms with Crippen LogP contribution in [0.25, 0.3) is 28.1 Å². The van der Waals surface area contributed by atoms with Gasteiger partial charge < -0.3 is 9.52 Å². The van der Waals surface area contributed by atoms with E-state index in [0.29, 0.717) is 17.5 Å². The zero-order valence-electron chi connectivity index (χ0n) is 20.7. The van der Waals surface area contributed by atoms with Crippen LogP contribution in [-0.4, -0.2) is 37.8 Å². The topological polar surface area (TPSA) is 101 Å². The van der Waals surface area contributed by atoms with E-state index in [0.717, 1.165) is 42.2 Å². The van der Waals surface area contributed by atoms with Gasteiger partial charge in [0.15, 0.2) is 11.6 Å². The van der Waals surface area contributed by atoms with E-state index in [9.17, 15) is 14.7 Å². The fourth-order valence-corrected chi connectivity index (χ4v) is 4.91. The van der Waals surface area contributed by atoms with Gasteiger partial charge in [0.05, 0.1) is 0 Å². The molecule has 0 unspecified atom stereocenters. The fraction of sp³-hybridized carbons (Fsp3) is 0.357. The lowest BCUT2D eigenvalue weighted by Crippen LogP contribution is -2.43. The first kappa shape index (κ1) is 23.8. The van der Waals surface area contributed by atoms with Crippen LogP contribution in [0.4, 0.5) is 5.82 Å². The molecule has 1 N–H and O–H groups in total. The van der Waals surface area contributed by atoms with Gasteiger partial charge in [-0.2, -0.15) is 0 Å². The van der Waals surface area contributed by atoms with Crippen LogP contribution >= 0.6 is 0 Å². The van der Waals surface area contributed by atoms with Gasteiger partial charge >= 0.3 is 5.97 Å². The molecule has 8 heteroatoms. The van der Waals surface area contributed by atoms with Crippen LogP contribution in [0, 0.1) is 11.8 Å². The molecule has 36 heavy (non-hydrogen) atoms. The lowest BCUT2D eigenvalue weighted by molar-refractivity contribution is -0.124. The number of amides is 1. The second-order valence-electron chi connectivity index (χ2n) is 9.93. The van der Waals surface area contributed by atoms with Crippen molar-refractivity contribution < 1.29 is 19.1 Å². The molecule has 0 bridgehead atoms. The van der Waals surface area contributed by atoms with Gasteiger partial charge in [0, 0.05) is 35.3 Å². The van der Waals surface area contributed by atoms with Gasteiger partial charge in [0.25, 0.3) is 0 Å². The number of carbonyl (C=O) groups is 2. The molecule has 186 valence electrons. The van der Waals surface area contributed by atoms with E-state index in [2.05, 4.69) is 17.0 Å². The van der Waals surface area contributed by atoms with Crippen LogP contribution in [0.1, 0.15) is 56.8 Å². The molecule has 1 saturated carbocycles. The number of rotatable bonds is 6. The molecule has 1 aliphatic rings. The summed E-state index contributed by atoms with van der Waals surface area (Å²) in [4.78, 5) is 31.7. The quantitative estimate of drug-likeness (QED) is 0.362. The number of anilines is 1. The summed E-state index contributed by atoms with van der Waals surface area (Å²) >= 11 is 0. The van der Waals surface area contributed by atoms with Crippen LogP contribution in [0.5, 0.6) is 0 Å². The first-order valence-corrected chi connectivity index (χ1v) is 12.4. The number of aromatic nitrogens is 3. The Hall–Kier alpha value is -3.94. The Bertz CT molecular complexity index is 1360. The van der Waals surface area contributed by atoms with E-state index in [-0.39, 0.29) is 29.2 Å². The highest BCUT2D eigenvalue weighted by atomic mass is 16.4. The Morgan fingerprint density at radius 2 is 1.86 bits per heavy atom. The summed E-state index contributed by atoms with van der Waals surface area (Å²) < 4.78 is 7.34. The Labute approximate surface area is 209 Å². The number of hydrogen-bond acceptors (Lipinski definition) is 5. The number of carbonyl (C=O) groups excluding carboxylic acids is 1. The Balaban J connectivity index is 1.46. The van der Waals surface area contributed by atoms with Crippen LogP contribution in [0.15, 0.2) is 59.3 Å². The van der Waals surface area contributed by atoms with Crippen molar-refractivity contribution in [2.24, 2.45) is 11.8 Å². The third kappa shape index (κ3) is 4.51. The summed E-state index contributed by atoms with van der Waals surface area (Å²) in [5.41, 5.74) is 1.57. The molecule has 1 amide bonds. The second kappa shape index (κ2) is 9.60. The lowest BCUT2D eigenvalue weighted by atomic mass is 9.82. The van der Waals surface area contributed by atoms with Gasteiger partial charge in [-0.1, -0.05) is 25.1 Å². The summed E-state index contributed by atoms with van der Waals surface area (Å²) in [5.74, 6) is 0.612. The first-order valence-electron chi connectivity index (χ1n) is 12.4. The average molecular weight is 487 g/mol. The number of para-hydroxylation sites is 1. The van der Waals surface area contributed by atoms with Gasteiger partial charge in [-0.25, -0.2) is 14.5 Å². The Morgan fingerprint density at radius 1 is 1.11 bits per heavy atom. The number of aromatic carboxylic acids is 1. The summed E-state index contributed by atoms with van der Waals surface area (Å²) in [6.45, 7) is 5.97. The molecule has 1 aromatic carbocycles. The van der Waals surface area contributed by atoms with Crippen molar-refractivity contribution in [3.05, 3.63) is 60.4 Å². The highest BCUT2D eigenvalue weighted by molar-refractivity contribution is 6.01. The number of carboxylic acid groups (broad SMARTS) is 1. The zero-order chi connectivity index (χ0) is 25.4. The third-order valence-corrected chi connectivity index (χ3v) is 6.96. The highest BCUT2D eigenvalue weighted by Crippen LogP contribution is 2.33. The molecular formula is C28H30N4O4. The largest absolute Gasteiger partial charge is 0.477 e. The maximum Gasteiger partial charge on any atom is 0.341 e. The number of fused-ring (bicyclic) bond motifs is 1. The number of nitrogens with zero attached hydrogens (tertiary/aromatic N) is 4. The summed E-state index contributed by atoms with van der Waals surface area (Å²) in [7, 11) is 0. The lowest BCUT2D eigenvalue weighted by Gasteiger charge is -2.32. The van der Waals surface area contributed by atoms with E-state index in [1.54, 1.807) is 17.2 Å². The number of hydrogen-bond donors (Lipinski definition) is 1. The molecule has 1 fully saturated rings. The average Bonchev–Trinajstić information content (AvgIpc) is 3.49. The number of pyridine rings is 1. The van der Waals surface area contributed by atoms with Crippen LogP contribution in [-0.2, 0) is 4.79 Å². The van der Waals surface area contributed by atoms with Crippen LogP contribution in [0.3, 0.4) is 0 Å². The Kier molecular flexibility index (Phi) is 6.35. The van der Waals surface area contributed by atoms with E-state index < -0.39 is 5.97 Å². The minimum absolute atomic E-state index is 0.0237. The van der Waals surface area contributed by atoms with Crippen molar-refractivity contribution in [3.63, 3.8) is 0 Å². The van der Waals surface area contributed by atoms with E-state index >= 15 is 0 Å². The zero-order valence-corrected chi connectivity index (χ0v) is 20.7. The smallest absolute Gasteiger partial charge is 0.341 e. The van der Waals surface area contributed by atoms with Gasteiger partial charge in [-0.3, -0.25) is 9.69 Å². The van der Waals surface area contributed by atoms with Crippen molar-refractivity contribution in [2.45, 2.75) is 52.5 Å². The molecule has 8 nitrogen and oxygen atoms in total. The summed E-state index contributed by atoms with van der Waals surface area (Å²) in [5, 5.41) is 15.5. The number of benzene rings is 1. The standard InChI is InChI=1S/C28H30N4O4/c1-17(2)32(27(33)19-10-8-18(3)9-11-19)26-22(28(34)35)16-31(30-26)25-13-12-21(15-29-25)24-14-20-6-4-5-7-23(20)36-24/h4-7,12-19H,8-11H2,1-3H3,(H,34,35). The number of carboxylic acids is 1. The summed E-state index contributed by atoms with van der Waals surface area (Å²) in [6, 6.07) is 13.1. The molecule has 5 rings (SSSR count). The molecule has 0 spiro atoms. The van der Waals surface area contributed by atoms with Gasteiger partial charge in [-0.15, -0.1) is 5.10 Å². The molecule has 3 aromatic heterocycles. The molecule has 0 saturated heterocycles. The van der Waals surface area contributed by atoms with Gasteiger partial charge in [0.2, 0.25) is 5.91 Å². The van der Waals surface area contributed by atoms with Crippen molar-refractivity contribution in [1.82, 2.24) is 14.8 Å². The Morgan fingerprint density at radius 3 is 2.50 bits per heavy atom. The summed E-state index contributed by atoms with van der Waals surface area (Å²) in [6.07, 6.45) is 6.73. The van der Waals surface area contributed by atoms with E-state index in [1.165, 1.54) is 10.9 Å². The van der Waals surface area contributed by atoms with E-state index in [4.69, 9.17) is 4.42 Å². The molecule has 0 aliphatic heterocycles. The maximum atomic E-state index is 13.5. The SMILES string of the molecule is CC1CCC(C(=O)N(c2nn(-c3ccc(-c4cc5ccccc5o4)cn3)cc2C(=O)O)C(C)C)CC1. The monoisotopic (exact) mass is 486 g/mol. The molecule has 0 atom stereocenters. The molecule has 3 heterocycles.